The molecule has 5 nitrogen and oxygen atoms in total. The van der Waals surface area contributed by atoms with Crippen LogP contribution in [0.5, 0.6) is 0 Å². The van der Waals surface area contributed by atoms with Gasteiger partial charge in [0.2, 0.25) is 5.91 Å². The van der Waals surface area contributed by atoms with Crippen LogP contribution in [-0.4, -0.2) is 39.6 Å². The molecule has 1 amide bonds. The topological polar surface area (TPSA) is 73.4 Å². The number of nitrogens with zero attached hydrogens (tertiary/aromatic N) is 1. The number of fused-ring (bicyclic) bond motifs is 5. The number of hydrogen-bond acceptors (Lipinski definition) is 2. The largest absolute Gasteiger partial charge is 0.481 e. The summed E-state index contributed by atoms with van der Waals surface area (Å²) in [5.74, 6) is -4.34. The number of hydrogen-bond donors (Lipinski definition) is 2. The Hall–Kier alpha value is -2.77. The Labute approximate surface area is 164 Å². The van der Waals surface area contributed by atoms with E-state index in [2.05, 4.69) is 4.98 Å². The van der Waals surface area contributed by atoms with Crippen molar-refractivity contribution in [3.05, 3.63) is 47.7 Å². The Morgan fingerprint density at radius 3 is 2.48 bits per heavy atom. The van der Waals surface area contributed by atoms with Crippen LogP contribution >= 0.6 is 0 Å². The van der Waals surface area contributed by atoms with Crippen LogP contribution in [0.2, 0.25) is 0 Å². The molecule has 8 heteroatoms. The van der Waals surface area contributed by atoms with E-state index in [0.29, 0.717) is 23.9 Å². The third kappa shape index (κ3) is 2.61. The van der Waals surface area contributed by atoms with Gasteiger partial charge in [0.05, 0.1) is 17.5 Å². The lowest BCUT2D eigenvalue weighted by molar-refractivity contribution is -0.197. The van der Waals surface area contributed by atoms with Crippen LogP contribution in [0, 0.1) is 23.7 Å². The number of H-pyrrole nitrogens is 1. The summed E-state index contributed by atoms with van der Waals surface area (Å²) < 4.78 is 42.4. The number of carboxylic acids is 1. The SMILES string of the molecule is O=C(O)[C@H]1[C@@H](C(=O)N2CCc3c([nH]c4ccccc34)[C@@H]2C(F)(F)F)[C@H]2C=C[C@@H]1C2. The smallest absolute Gasteiger partial charge is 0.414 e. The molecule has 1 fully saturated rings. The van der Waals surface area contributed by atoms with Crippen molar-refractivity contribution in [2.75, 3.05) is 6.54 Å². The Morgan fingerprint density at radius 2 is 1.79 bits per heavy atom. The second kappa shape index (κ2) is 6.11. The summed E-state index contributed by atoms with van der Waals surface area (Å²) in [4.78, 5) is 28.8. The maximum Gasteiger partial charge on any atom is 0.414 e. The van der Waals surface area contributed by atoms with Crippen LogP contribution in [0.4, 0.5) is 13.2 Å². The second-order valence-electron chi connectivity index (χ2n) is 8.13. The van der Waals surface area contributed by atoms with Gasteiger partial charge < -0.3 is 15.0 Å². The number of aromatic nitrogens is 1. The van der Waals surface area contributed by atoms with Gasteiger partial charge in [-0.15, -0.1) is 0 Å². The van der Waals surface area contributed by atoms with E-state index >= 15 is 0 Å². The third-order valence-electron chi connectivity index (χ3n) is 6.66. The standard InChI is InChI=1S/C21H19F3N2O3/c22-21(23,24)18-17-13(12-3-1-2-4-14(12)25-17)7-8-26(18)19(27)15-10-5-6-11(9-10)16(15)20(28)29/h1-6,10-11,15-16,18,25H,7-9H2,(H,28,29)/t10-,11+,15-,16+,18+/m0/s1. The molecule has 3 aliphatic rings. The molecule has 2 heterocycles. The minimum atomic E-state index is -4.67. The van der Waals surface area contributed by atoms with Crippen molar-refractivity contribution >= 4 is 22.8 Å². The van der Waals surface area contributed by atoms with Crippen molar-refractivity contribution in [2.45, 2.75) is 25.1 Å². The minimum absolute atomic E-state index is 0.0103. The molecular weight excluding hydrogens is 385 g/mol. The van der Waals surface area contributed by atoms with Crippen molar-refractivity contribution in [3.63, 3.8) is 0 Å². The van der Waals surface area contributed by atoms with Gasteiger partial charge in [-0.1, -0.05) is 30.4 Å². The average molecular weight is 404 g/mol. The Balaban J connectivity index is 1.57. The van der Waals surface area contributed by atoms with Crippen LogP contribution < -0.4 is 0 Å². The monoisotopic (exact) mass is 404 g/mol. The third-order valence-corrected chi connectivity index (χ3v) is 6.66. The number of rotatable bonds is 2. The predicted octanol–water partition coefficient (Wildman–Crippen LogP) is 3.68. The molecule has 2 aromatic rings. The quantitative estimate of drug-likeness (QED) is 0.750. The van der Waals surface area contributed by atoms with E-state index in [-0.39, 0.29) is 24.1 Å². The lowest BCUT2D eigenvalue weighted by Crippen LogP contribution is -2.51. The Morgan fingerprint density at radius 1 is 1.10 bits per heavy atom. The molecule has 5 rings (SSSR count). The van der Waals surface area contributed by atoms with Gasteiger partial charge in [-0.05, 0) is 36.3 Å². The highest BCUT2D eigenvalue weighted by atomic mass is 19.4. The second-order valence-corrected chi connectivity index (χ2v) is 8.13. The van der Waals surface area contributed by atoms with Crippen LogP contribution in [0.3, 0.4) is 0 Å². The maximum atomic E-state index is 14.1. The number of aromatic amines is 1. The van der Waals surface area contributed by atoms with Crippen molar-refractivity contribution in [3.8, 4) is 0 Å². The molecule has 1 saturated carbocycles. The molecule has 0 radical (unpaired) electrons. The summed E-state index contributed by atoms with van der Waals surface area (Å²) in [5, 5.41) is 10.3. The Kier molecular flexibility index (Phi) is 3.85. The molecule has 0 unspecified atom stereocenters. The minimum Gasteiger partial charge on any atom is -0.481 e. The van der Waals surface area contributed by atoms with Gasteiger partial charge >= 0.3 is 12.1 Å². The van der Waals surface area contributed by atoms with Gasteiger partial charge in [0.15, 0.2) is 6.04 Å². The fraction of sp³-hybridized carbons (Fsp3) is 0.429. The summed E-state index contributed by atoms with van der Waals surface area (Å²) in [5.41, 5.74) is 1.17. The first-order chi connectivity index (χ1) is 13.8. The van der Waals surface area contributed by atoms with E-state index in [1.165, 1.54) is 0 Å². The Bertz CT molecular complexity index is 1040. The van der Waals surface area contributed by atoms with Crippen LogP contribution in [-0.2, 0) is 16.0 Å². The zero-order valence-electron chi connectivity index (χ0n) is 15.3. The predicted molar refractivity (Wildman–Crippen MR) is 97.9 cm³/mol. The molecule has 2 bridgehead atoms. The van der Waals surface area contributed by atoms with E-state index in [1.807, 2.05) is 0 Å². The highest BCUT2D eigenvalue weighted by Crippen LogP contribution is 2.51. The molecule has 1 aromatic carbocycles. The normalized spacial score (nSPS) is 30.7. The summed E-state index contributed by atoms with van der Waals surface area (Å²) >= 11 is 0. The zero-order valence-corrected chi connectivity index (χ0v) is 15.3. The zero-order chi connectivity index (χ0) is 20.5. The molecule has 2 aliphatic carbocycles. The summed E-state index contributed by atoms with van der Waals surface area (Å²) in [6, 6.07) is 4.92. The molecule has 2 N–H and O–H groups in total. The van der Waals surface area contributed by atoms with E-state index < -0.39 is 35.9 Å². The molecule has 152 valence electrons. The molecule has 5 atom stereocenters. The summed E-state index contributed by atoms with van der Waals surface area (Å²) in [6.07, 6.45) is -0.298. The number of halogens is 3. The number of aliphatic carboxylic acids is 1. The molecule has 29 heavy (non-hydrogen) atoms. The van der Waals surface area contributed by atoms with Gasteiger partial charge in [-0.2, -0.15) is 13.2 Å². The molecule has 1 aromatic heterocycles. The van der Waals surface area contributed by atoms with Gasteiger partial charge in [-0.25, -0.2) is 0 Å². The number of carbonyl (C=O) groups excluding carboxylic acids is 1. The van der Waals surface area contributed by atoms with E-state index in [9.17, 15) is 27.9 Å². The molecule has 0 saturated heterocycles. The summed E-state index contributed by atoms with van der Waals surface area (Å²) in [6.45, 7) is -0.0815. The van der Waals surface area contributed by atoms with Crippen LogP contribution in [0.1, 0.15) is 23.7 Å². The van der Waals surface area contributed by atoms with Gasteiger partial charge in [-0.3, -0.25) is 9.59 Å². The van der Waals surface area contributed by atoms with Crippen LogP contribution in [0.15, 0.2) is 36.4 Å². The lowest BCUT2D eigenvalue weighted by atomic mass is 9.81. The first-order valence-electron chi connectivity index (χ1n) is 9.65. The van der Waals surface area contributed by atoms with Crippen molar-refractivity contribution in [1.82, 2.24) is 9.88 Å². The molecule has 1 aliphatic heterocycles. The first-order valence-corrected chi connectivity index (χ1v) is 9.65. The van der Waals surface area contributed by atoms with Gasteiger partial charge in [0, 0.05) is 17.4 Å². The number of allylic oxidation sites excluding steroid dienone is 2. The highest BCUT2D eigenvalue weighted by Gasteiger charge is 2.57. The van der Waals surface area contributed by atoms with E-state index in [1.54, 1.807) is 36.4 Å². The molecule has 0 spiro atoms. The highest BCUT2D eigenvalue weighted by molar-refractivity contribution is 5.89. The fourth-order valence-corrected chi connectivity index (χ4v) is 5.51. The average Bonchev–Trinajstić information content (AvgIpc) is 3.37. The number of amides is 1. The van der Waals surface area contributed by atoms with Crippen LogP contribution in [0.25, 0.3) is 10.9 Å². The number of benzene rings is 1. The number of nitrogens with one attached hydrogen (secondary N) is 1. The fourth-order valence-electron chi connectivity index (χ4n) is 5.51. The van der Waals surface area contributed by atoms with Gasteiger partial charge in [0.25, 0.3) is 0 Å². The van der Waals surface area contributed by atoms with Crippen molar-refractivity contribution in [1.29, 1.82) is 0 Å². The number of para-hydroxylation sites is 1. The number of alkyl halides is 3. The maximum absolute atomic E-state index is 14.1. The van der Waals surface area contributed by atoms with E-state index in [0.717, 1.165) is 10.3 Å². The van der Waals surface area contributed by atoms with E-state index in [4.69, 9.17) is 0 Å². The molecular formula is C21H19F3N2O3. The summed E-state index contributed by atoms with van der Waals surface area (Å²) in [7, 11) is 0. The number of carbonyl (C=O) groups is 2. The number of carboxylic acid groups (broad SMARTS) is 1. The lowest BCUT2D eigenvalue weighted by Gasteiger charge is -2.39. The van der Waals surface area contributed by atoms with Crippen molar-refractivity contribution < 1.29 is 27.9 Å². The first kappa shape index (κ1) is 18.3. The van der Waals surface area contributed by atoms with Crippen molar-refractivity contribution in [2.24, 2.45) is 23.7 Å². The van der Waals surface area contributed by atoms with Gasteiger partial charge in [0.1, 0.15) is 0 Å².